The minimum Gasteiger partial charge on any atom is -0.497 e. The molecule has 1 heterocycles. The fourth-order valence-electron chi connectivity index (χ4n) is 3.19. The summed E-state index contributed by atoms with van der Waals surface area (Å²) in [5, 5.41) is 0. The average Bonchev–Trinajstić information content (AvgIpc) is 2.61. The van der Waals surface area contributed by atoms with Gasteiger partial charge in [-0.05, 0) is 48.7 Å². The van der Waals surface area contributed by atoms with Gasteiger partial charge in [0.2, 0.25) is 5.91 Å². The average molecular weight is 326 g/mol. The fraction of sp³-hybridized carbons (Fsp3) is 0.316. The summed E-state index contributed by atoms with van der Waals surface area (Å²) in [6.45, 7) is 0.710. The van der Waals surface area contributed by atoms with E-state index >= 15 is 0 Å². The first-order valence-electron chi connectivity index (χ1n) is 8.02. The molecule has 1 aliphatic rings. The topological polar surface area (TPSA) is 64.8 Å². The van der Waals surface area contributed by atoms with Gasteiger partial charge in [0.05, 0.1) is 20.6 Å². The van der Waals surface area contributed by atoms with Gasteiger partial charge >= 0.3 is 0 Å². The summed E-state index contributed by atoms with van der Waals surface area (Å²) in [6, 6.07) is 11.2. The van der Waals surface area contributed by atoms with Crippen LogP contribution in [-0.4, -0.2) is 26.7 Å². The zero-order valence-corrected chi connectivity index (χ0v) is 14.0. The molecule has 24 heavy (non-hydrogen) atoms. The van der Waals surface area contributed by atoms with Gasteiger partial charge in [0, 0.05) is 23.5 Å². The largest absolute Gasteiger partial charge is 0.497 e. The molecular formula is C19H22N2O3. The molecule has 0 saturated carbocycles. The van der Waals surface area contributed by atoms with Crippen molar-refractivity contribution in [2.75, 3.05) is 31.4 Å². The number of hydrogen-bond donors (Lipinski definition) is 1. The maximum absolute atomic E-state index is 12.9. The van der Waals surface area contributed by atoms with Gasteiger partial charge in [0.15, 0.2) is 0 Å². The minimum atomic E-state index is 0.0353. The number of anilines is 2. The number of nitrogens with zero attached hydrogens (tertiary/aromatic N) is 1. The molecule has 0 unspecified atom stereocenters. The van der Waals surface area contributed by atoms with Crippen molar-refractivity contribution >= 4 is 17.3 Å². The normalized spacial score (nSPS) is 13.3. The van der Waals surface area contributed by atoms with Gasteiger partial charge in [-0.25, -0.2) is 0 Å². The number of rotatable bonds is 4. The predicted molar refractivity (Wildman–Crippen MR) is 94.8 cm³/mol. The number of fused-ring (bicyclic) bond motifs is 1. The third-order valence-corrected chi connectivity index (χ3v) is 4.42. The number of ether oxygens (including phenoxy) is 2. The van der Waals surface area contributed by atoms with Crippen molar-refractivity contribution in [3.63, 3.8) is 0 Å². The Labute approximate surface area is 142 Å². The molecule has 2 aromatic carbocycles. The Balaban J connectivity index is 1.88. The lowest BCUT2D eigenvalue weighted by Gasteiger charge is -2.30. The van der Waals surface area contributed by atoms with Crippen molar-refractivity contribution in [3.05, 3.63) is 47.5 Å². The number of carbonyl (C=O) groups excluding carboxylic acids is 1. The lowest BCUT2D eigenvalue weighted by Crippen LogP contribution is -2.36. The third-order valence-electron chi connectivity index (χ3n) is 4.42. The molecule has 0 aliphatic carbocycles. The standard InChI is InChI=1S/C19H22N2O3/c1-23-14-8-9-18(24-2)13(11-14)12-19(22)21-10-4-5-15-16(20)6-3-7-17(15)21/h3,6-9,11H,4-5,10,12,20H2,1-2H3. The van der Waals surface area contributed by atoms with Gasteiger partial charge in [-0.1, -0.05) is 6.07 Å². The summed E-state index contributed by atoms with van der Waals surface area (Å²) in [7, 11) is 3.21. The highest BCUT2D eigenvalue weighted by molar-refractivity contribution is 5.97. The molecule has 5 nitrogen and oxygen atoms in total. The summed E-state index contributed by atoms with van der Waals surface area (Å²) in [5.74, 6) is 1.43. The zero-order valence-electron chi connectivity index (χ0n) is 14.0. The third kappa shape index (κ3) is 3.02. The van der Waals surface area contributed by atoms with Crippen LogP contribution in [0.25, 0.3) is 0 Å². The molecule has 1 aliphatic heterocycles. The SMILES string of the molecule is COc1ccc(OC)c(CC(=O)N2CCCc3c(N)cccc32)c1. The number of methoxy groups -OCH3 is 2. The van der Waals surface area contributed by atoms with Crippen LogP contribution in [0.5, 0.6) is 11.5 Å². The van der Waals surface area contributed by atoms with E-state index in [0.29, 0.717) is 18.0 Å². The number of carbonyl (C=O) groups is 1. The Kier molecular flexibility index (Phi) is 4.60. The van der Waals surface area contributed by atoms with Crippen LogP contribution < -0.4 is 20.1 Å². The van der Waals surface area contributed by atoms with E-state index in [1.165, 1.54) is 0 Å². The smallest absolute Gasteiger partial charge is 0.231 e. The number of hydrogen-bond acceptors (Lipinski definition) is 4. The van der Waals surface area contributed by atoms with Gasteiger partial charge < -0.3 is 20.1 Å². The minimum absolute atomic E-state index is 0.0353. The van der Waals surface area contributed by atoms with E-state index in [0.717, 1.165) is 35.3 Å². The lowest BCUT2D eigenvalue weighted by atomic mass is 9.99. The number of nitrogen functional groups attached to an aromatic ring is 1. The highest BCUT2D eigenvalue weighted by atomic mass is 16.5. The molecule has 0 saturated heterocycles. The molecule has 3 rings (SSSR count). The molecule has 5 heteroatoms. The molecule has 0 spiro atoms. The van der Waals surface area contributed by atoms with Crippen LogP contribution in [-0.2, 0) is 17.6 Å². The van der Waals surface area contributed by atoms with Crippen molar-refractivity contribution in [3.8, 4) is 11.5 Å². The monoisotopic (exact) mass is 326 g/mol. The second-order valence-corrected chi connectivity index (χ2v) is 5.85. The van der Waals surface area contributed by atoms with Crippen molar-refractivity contribution in [1.29, 1.82) is 0 Å². The molecule has 0 fully saturated rings. The van der Waals surface area contributed by atoms with Gasteiger partial charge in [-0.2, -0.15) is 0 Å². The van der Waals surface area contributed by atoms with E-state index in [1.54, 1.807) is 14.2 Å². The van der Waals surface area contributed by atoms with Crippen LogP contribution in [0, 0.1) is 0 Å². The van der Waals surface area contributed by atoms with Crippen LogP contribution in [0.1, 0.15) is 17.5 Å². The Morgan fingerprint density at radius 1 is 1.21 bits per heavy atom. The second kappa shape index (κ2) is 6.83. The van der Waals surface area contributed by atoms with Crippen molar-refractivity contribution in [2.24, 2.45) is 0 Å². The molecule has 0 bridgehead atoms. The van der Waals surface area contributed by atoms with Crippen LogP contribution in [0.2, 0.25) is 0 Å². The first-order valence-corrected chi connectivity index (χ1v) is 8.02. The van der Waals surface area contributed by atoms with Gasteiger partial charge in [-0.15, -0.1) is 0 Å². The Morgan fingerprint density at radius 3 is 2.79 bits per heavy atom. The van der Waals surface area contributed by atoms with Gasteiger partial charge in [0.25, 0.3) is 0 Å². The lowest BCUT2D eigenvalue weighted by molar-refractivity contribution is -0.118. The molecule has 1 amide bonds. The Hall–Kier alpha value is -2.69. The van der Waals surface area contributed by atoms with Crippen molar-refractivity contribution in [1.82, 2.24) is 0 Å². The van der Waals surface area contributed by atoms with E-state index in [2.05, 4.69) is 0 Å². The number of benzene rings is 2. The summed E-state index contributed by atoms with van der Waals surface area (Å²) < 4.78 is 10.6. The number of amides is 1. The molecule has 2 aromatic rings. The molecule has 2 N–H and O–H groups in total. The fourth-order valence-corrected chi connectivity index (χ4v) is 3.19. The first kappa shape index (κ1) is 16.2. The van der Waals surface area contributed by atoms with Crippen LogP contribution in [0.4, 0.5) is 11.4 Å². The Morgan fingerprint density at radius 2 is 2.04 bits per heavy atom. The van der Waals surface area contributed by atoms with Crippen molar-refractivity contribution < 1.29 is 14.3 Å². The van der Waals surface area contributed by atoms with E-state index < -0.39 is 0 Å². The maximum atomic E-state index is 12.9. The summed E-state index contributed by atoms with van der Waals surface area (Å²) in [6.07, 6.45) is 2.09. The second-order valence-electron chi connectivity index (χ2n) is 5.85. The molecule has 0 radical (unpaired) electrons. The summed E-state index contributed by atoms with van der Waals surface area (Å²) >= 11 is 0. The predicted octanol–water partition coefficient (Wildman–Crippen LogP) is 2.81. The summed E-state index contributed by atoms with van der Waals surface area (Å²) in [5.41, 5.74) is 9.63. The van der Waals surface area contributed by atoms with Crippen LogP contribution >= 0.6 is 0 Å². The zero-order chi connectivity index (χ0) is 17.1. The highest BCUT2D eigenvalue weighted by Gasteiger charge is 2.24. The maximum Gasteiger partial charge on any atom is 0.231 e. The van der Waals surface area contributed by atoms with E-state index in [4.69, 9.17) is 15.2 Å². The molecule has 0 atom stereocenters. The van der Waals surface area contributed by atoms with Gasteiger partial charge in [-0.3, -0.25) is 4.79 Å². The quantitative estimate of drug-likeness (QED) is 0.878. The number of nitrogens with two attached hydrogens (primary N) is 1. The first-order chi connectivity index (χ1) is 11.6. The molecule has 0 aromatic heterocycles. The highest BCUT2D eigenvalue weighted by Crippen LogP contribution is 2.32. The molecule has 126 valence electrons. The van der Waals surface area contributed by atoms with Crippen LogP contribution in [0.15, 0.2) is 36.4 Å². The van der Waals surface area contributed by atoms with Crippen molar-refractivity contribution in [2.45, 2.75) is 19.3 Å². The van der Waals surface area contributed by atoms with E-state index in [-0.39, 0.29) is 12.3 Å². The van der Waals surface area contributed by atoms with Gasteiger partial charge in [0.1, 0.15) is 11.5 Å². The Bertz CT molecular complexity index is 758. The summed E-state index contributed by atoms with van der Waals surface area (Å²) in [4.78, 5) is 14.7. The van der Waals surface area contributed by atoms with E-state index in [1.807, 2.05) is 41.3 Å². The van der Waals surface area contributed by atoms with E-state index in [9.17, 15) is 4.79 Å². The van der Waals surface area contributed by atoms with Crippen LogP contribution in [0.3, 0.4) is 0 Å². The molecular weight excluding hydrogens is 304 g/mol.